The fourth-order valence-electron chi connectivity index (χ4n) is 2.28. The molecule has 0 aliphatic heterocycles. The van der Waals surface area contributed by atoms with Crippen molar-refractivity contribution in [2.24, 2.45) is 4.99 Å². The van der Waals surface area contributed by atoms with Crippen molar-refractivity contribution in [3.63, 3.8) is 0 Å². The summed E-state index contributed by atoms with van der Waals surface area (Å²) >= 11 is 1.67. The minimum absolute atomic E-state index is 0.0960. The van der Waals surface area contributed by atoms with Gasteiger partial charge in [-0.15, -0.1) is 0 Å². The van der Waals surface area contributed by atoms with Crippen LogP contribution in [-0.2, 0) is 13.0 Å². The third-order valence-electron chi connectivity index (χ3n) is 3.52. The zero-order chi connectivity index (χ0) is 18.8. The van der Waals surface area contributed by atoms with Gasteiger partial charge in [0.15, 0.2) is 5.96 Å². The van der Waals surface area contributed by atoms with Crippen LogP contribution in [0.4, 0.5) is 8.78 Å². The second kappa shape index (κ2) is 10.6. The number of alkyl halides is 2. The molecule has 0 radical (unpaired) electrons. The first-order valence-corrected chi connectivity index (χ1v) is 9.21. The number of hydrogen-bond donors (Lipinski definition) is 2. The molecule has 0 unspecified atom stereocenters. The lowest BCUT2D eigenvalue weighted by Crippen LogP contribution is -2.38. The van der Waals surface area contributed by atoms with Crippen LogP contribution in [0.5, 0.6) is 11.5 Å². The number of rotatable bonds is 9. The second-order valence-electron chi connectivity index (χ2n) is 5.36. The van der Waals surface area contributed by atoms with Crippen LogP contribution in [0, 0.1) is 0 Å². The zero-order valence-corrected chi connectivity index (χ0v) is 15.6. The molecular formula is C18H23F2N3O2S. The fraction of sp³-hybridized carbons (Fsp3) is 0.389. The van der Waals surface area contributed by atoms with E-state index in [2.05, 4.69) is 31.8 Å². The Labute approximate surface area is 156 Å². The minimum atomic E-state index is -2.89. The maximum atomic E-state index is 12.6. The van der Waals surface area contributed by atoms with Crippen molar-refractivity contribution in [1.82, 2.24) is 10.6 Å². The highest BCUT2D eigenvalue weighted by molar-refractivity contribution is 7.07. The molecule has 2 aromatic rings. The first-order chi connectivity index (χ1) is 12.6. The molecule has 1 aromatic carbocycles. The molecule has 0 saturated carbocycles. The van der Waals surface area contributed by atoms with Crippen molar-refractivity contribution in [1.29, 1.82) is 0 Å². The number of halogens is 2. The van der Waals surface area contributed by atoms with Crippen molar-refractivity contribution in [3.8, 4) is 11.5 Å². The molecule has 0 fully saturated rings. The number of ether oxygens (including phenoxy) is 2. The van der Waals surface area contributed by atoms with Crippen LogP contribution in [-0.4, -0.2) is 32.8 Å². The molecule has 5 nitrogen and oxygen atoms in total. The summed E-state index contributed by atoms with van der Waals surface area (Å²) in [7, 11) is 1.52. The average Bonchev–Trinajstić information content (AvgIpc) is 3.13. The summed E-state index contributed by atoms with van der Waals surface area (Å²) in [5.74, 6) is 1.28. The molecule has 0 atom stereocenters. The highest BCUT2D eigenvalue weighted by Crippen LogP contribution is 2.26. The number of nitrogens with one attached hydrogen (secondary N) is 2. The minimum Gasteiger partial charge on any atom is -0.497 e. The number of nitrogens with zero attached hydrogens (tertiary/aromatic N) is 1. The van der Waals surface area contributed by atoms with Gasteiger partial charge in [0.1, 0.15) is 11.5 Å². The van der Waals surface area contributed by atoms with Crippen molar-refractivity contribution in [3.05, 3.63) is 46.2 Å². The first kappa shape index (κ1) is 20.0. The van der Waals surface area contributed by atoms with E-state index in [4.69, 9.17) is 4.74 Å². The molecule has 8 heteroatoms. The Bertz CT molecular complexity index is 694. The Morgan fingerprint density at radius 3 is 2.77 bits per heavy atom. The largest absolute Gasteiger partial charge is 0.497 e. The summed E-state index contributed by atoms with van der Waals surface area (Å²) in [5, 5.41) is 10.5. The summed E-state index contributed by atoms with van der Waals surface area (Å²) in [4.78, 5) is 4.46. The van der Waals surface area contributed by atoms with E-state index in [9.17, 15) is 8.78 Å². The third kappa shape index (κ3) is 6.51. The first-order valence-electron chi connectivity index (χ1n) is 8.27. The second-order valence-corrected chi connectivity index (χ2v) is 6.14. The van der Waals surface area contributed by atoms with Crippen LogP contribution in [0.15, 0.2) is 40.0 Å². The van der Waals surface area contributed by atoms with Crippen LogP contribution in [0.1, 0.15) is 18.1 Å². The molecule has 0 bridgehead atoms. The van der Waals surface area contributed by atoms with E-state index in [1.165, 1.54) is 18.7 Å². The Morgan fingerprint density at radius 1 is 1.27 bits per heavy atom. The molecule has 26 heavy (non-hydrogen) atoms. The molecule has 2 N–H and O–H groups in total. The third-order valence-corrected chi connectivity index (χ3v) is 4.25. The number of thiophene rings is 1. The van der Waals surface area contributed by atoms with E-state index in [0.29, 0.717) is 23.8 Å². The van der Waals surface area contributed by atoms with Gasteiger partial charge in [-0.3, -0.25) is 0 Å². The Morgan fingerprint density at radius 2 is 2.12 bits per heavy atom. The number of methoxy groups -OCH3 is 1. The normalized spacial score (nSPS) is 11.5. The van der Waals surface area contributed by atoms with E-state index < -0.39 is 6.61 Å². The van der Waals surface area contributed by atoms with Crippen molar-refractivity contribution in [2.75, 3.05) is 20.2 Å². The van der Waals surface area contributed by atoms with Crippen LogP contribution >= 0.6 is 11.3 Å². The smallest absolute Gasteiger partial charge is 0.387 e. The summed E-state index contributed by atoms with van der Waals surface area (Å²) in [6.07, 6.45) is 0.882. The van der Waals surface area contributed by atoms with E-state index in [1.54, 1.807) is 23.5 Å². The maximum Gasteiger partial charge on any atom is 0.387 e. The number of aliphatic imine (C=N–C) groups is 1. The van der Waals surface area contributed by atoms with Gasteiger partial charge in [0, 0.05) is 18.7 Å². The molecule has 0 saturated heterocycles. The molecular weight excluding hydrogens is 360 g/mol. The van der Waals surface area contributed by atoms with Crippen LogP contribution in [0.2, 0.25) is 0 Å². The molecule has 142 valence electrons. The highest BCUT2D eigenvalue weighted by atomic mass is 32.1. The van der Waals surface area contributed by atoms with Crippen LogP contribution < -0.4 is 20.1 Å². The maximum absolute atomic E-state index is 12.6. The topological polar surface area (TPSA) is 54.9 Å². The summed E-state index contributed by atoms with van der Waals surface area (Å²) in [5.41, 5.74) is 1.79. The van der Waals surface area contributed by atoms with Gasteiger partial charge in [-0.1, -0.05) is 0 Å². The van der Waals surface area contributed by atoms with Crippen LogP contribution in [0.3, 0.4) is 0 Å². The molecule has 0 amide bonds. The standard InChI is InChI=1S/C18H23F2N3O2S/c1-3-21-18(22-8-6-13-7-9-26-12-13)23-11-14-10-15(24-2)4-5-16(14)25-17(19)20/h4-5,7,9-10,12,17H,3,6,8,11H2,1-2H3,(H2,21,22,23). The summed E-state index contributed by atoms with van der Waals surface area (Å²) in [6.45, 7) is 0.687. The van der Waals surface area contributed by atoms with E-state index in [0.717, 1.165) is 13.0 Å². The van der Waals surface area contributed by atoms with Gasteiger partial charge in [-0.2, -0.15) is 20.1 Å². The number of benzene rings is 1. The monoisotopic (exact) mass is 383 g/mol. The molecule has 1 heterocycles. The highest BCUT2D eigenvalue weighted by Gasteiger charge is 2.11. The lowest BCUT2D eigenvalue weighted by atomic mass is 10.2. The fourth-order valence-corrected chi connectivity index (χ4v) is 2.99. The van der Waals surface area contributed by atoms with Crippen molar-refractivity contribution < 1.29 is 18.3 Å². The van der Waals surface area contributed by atoms with Crippen molar-refractivity contribution >= 4 is 17.3 Å². The predicted molar refractivity (Wildman–Crippen MR) is 100 cm³/mol. The van der Waals surface area contributed by atoms with Gasteiger partial charge in [-0.05, 0) is 53.9 Å². The van der Waals surface area contributed by atoms with Gasteiger partial charge in [0.25, 0.3) is 0 Å². The van der Waals surface area contributed by atoms with Gasteiger partial charge in [0.2, 0.25) is 0 Å². The molecule has 0 aliphatic rings. The van der Waals surface area contributed by atoms with Gasteiger partial charge in [-0.25, -0.2) is 4.99 Å². The quantitative estimate of drug-likeness (QED) is 0.513. The number of guanidine groups is 1. The van der Waals surface area contributed by atoms with Gasteiger partial charge in [0.05, 0.1) is 13.7 Å². The average molecular weight is 383 g/mol. The van der Waals surface area contributed by atoms with Crippen LogP contribution in [0.25, 0.3) is 0 Å². The predicted octanol–water partition coefficient (Wildman–Crippen LogP) is 3.66. The van der Waals surface area contributed by atoms with E-state index >= 15 is 0 Å². The zero-order valence-electron chi connectivity index (χ0n) is 14.8. The SMILES string of the molecule is CCNC(=NCc1cc(OC)ccc1OC(F)F)NCCc1ccsc1. The molecule has 1 aromatic heterocycles. The Balaban J connectivity index is 2.04. The van der Waals surface area contributed by atoms with Crippen molar-refractivity contribution in [2.45, 2.75) is 26.5 Å². The lowest BCUT2D eigenvalue weighted by Gasteiger charge is -2.13. The Kier molecular flexibility index (Phi) is 8.14. The Hall–Kier alpha value is -2.35. The molecule has 2 rings (SSSR count). The van der Waals surface area contributed by atoms with Gasteiger partial charge < -0.3 is 20.1 Å². The lowest BCUT2D eigenvalue weighted by molar-refractivity contribution is -0.0504. The summed E-state index contributed by atoms with van der Waals surface area (Å²) in [6, 6.07) is 6.78. The van der Waals surface area contributed by atoms with Gasteiger partial charge >= 0.3 is 6.61 Å². The number of hydrogen-bond acceptors (Lipinski definition) is 4. The molecule has 0 aliphatic carbocycles. The summed E-state index contributed by atoms with van der Waals surface area (Å²) < 4.78 is 34.9. The van der Waals surface area contributed by atoms with E-state index in [1.807, 2.05) is 12.3 Å². The van der Waals surface area contributed by atoms with E-state index in [-0.39, 0.29) is 12.3 Å². The molecule has 0 spiro atoms.